The summed E-state index contributed by atoms with van der Waals surface area (Å²) < 4.78 is 16.5. The van der Waals surface area contributed by atoms with Crippen LogP contribution < -0.4 is 9.47 Å². The van der Waals surface area contributed by atoms with Crippen LogP contribution in [0.1, 0.15) is 12.5 Å². The molecule has 0 aliphatic heterocycles. The lowest BCUT2D eigenvalue weighted by Gasteiger charge is -2.16. The van der Waals surface area contributed by atoms with Crippen LogP contribution in [0.4, 0.5) is 0 Å². The van der Waals surface area contributed by atoms with Gasteiger partial charge in [-0.1, -0.05) is 36.4 Å². The van der Waals surface area contributed by atoms with Crippen molar-refractivity contribution in [2.75, 3.05) is 7.11 Å². The maximum absolute atomic E-state index is 5.68. The zero-order chi connectivity index (χ0) is 13.5. The first-order valence-electron chi connectivity index (χ1n) is 6.24. The van der Waals surface area contributed by atoms with Crippen molar-refractivity contribution in [3.8, 4) is 11.5 Å². The lowest BCUT2D eigenvalue weighted by atomic mass is 10.2. The number of ether oxygens (including phenoxy) is 3. The van der Waals surface area contributed by atoms with Gasteiger partial charge >= 0.3 is 0 Å². The lowest BCUT2D eigenvalue weighted by Crippen LogP contribution is -2.16. The smallest absolute Gasteiger partial charge is 0.197 e. The summed E-state index contributed by atoms with van der Waals surface area (Å²) in [5.41, 5.74) is 1.13. The summed E-state index contributed by atoms with van der Waals surface area (Å²) in [4.78, 5) is 0. The van der Waals surface area contributed by atoms with E-state index in [1.165, 1.54) is 0 Å². The van der Waals surface area contributed by atoms with E-state index in [9.17, 15) is 0 Å². The lowest BCUT2D eigenvalue weighted by molar-refractivity contribution is -0.0759. The van der Waals surface area contributed by atoms with Crippen molar-refractivity contribution in [2.45, 2.75) is 19.8 Å². The highest BCUT2D eigenvalue weighted by Gasteiger charge is 2.05. The monoisotopic (exact) mass is 258 g/mol. The van der Waals surface area contributed by atoms with Gasteiger partial charge < -0.3 is 14.2 Å². The Morgan fingerprint density at radius 1 is 0.947 bits per heavy atom. The minimum absolute atomic E-state index is 0.313. The third kappa shape index (κ3) is 4.30. The molecule has 1 unspecified atom stereocenters. The van der Waals surface area contributed by atoms with Crippen LogP contribution in [0.25, 0.3) is 0 Å². The summed E-state index contributed by atoms with van der Waals surface area (Å²) in [6, 6.07) is 17.5. The number of hydrogen-bond acceptors (Lipinski definition) is 3. The molecule has 1 atom stereocenters. The molecule has 2 aromatic carbocycles. The fourth-order valence-corrected chi connectivity index (χ4v) is 1.69. The molecule has 0 fully saturated rings. The summed E-state index contributed by atoms with van der Waals surface area (Å²) >= 11 is 0. The van der Waals surface area contributed by atoms with Gasteiger partial charge in [-0.2, -0.15) is 0 Å². The molecule has 0 amide bonds. The summed E-state index contributed by atoms with van der Waals surface area (Å²) in [5, 5.41) is 0. The Morgan fingerprint density at radius 3 is 2.42 bits per heavy atom. The van der Waals surface area contributed by atoms with Crippen LogP contribution in [0.2, 0.25) is 0 Å². The van der Waals surface area contributed by atoms with Crippen LogP contribution in [0.3, 0.4) is 0 Å². The van der Waals surface area contributed by atoms with E-state index in [2.05, 4.69) is 0 Å². The molecule has 100 valence electrons. The minimum Gasteiger partial charge on any atom is -0.497 e. The largest absolute Gasteiger partial charge is 0.497 e. The van der Waals surface area contributed by atoms with E-state index < -0.39 is 0 Å². The Balaban J connectivity index is 1.85. The Hall–Kier alpha value is -2.00. The normalized spacial score (nSPS) is 11.9. The van der Waals surface area contributed by atoms with Gasteiger partial charge in [-0.25, -0.2) is 0 Å². The quantitative estimate of drug-likeness (QED) is 0.740. The molecule has 0 aliphatic rings. The van der Waals surface area contributed by atoms with Crippen LogP contribution in [0, 0.1) is 0 Å². The Kier molecular flexibility index (Phi) is 4.81. The molecule has 0 saturated carbocycles. The van der Waals surface area contributed by atoms with Crippen LogP contribution in [-0.4, -0.2) is 13.4 Å². The zero-order valence-corrected chi connectivity index (χ0v) is 11.2. The van der Waals surface area contributed by atoms with Gasteiger partial charge in [0, 0.05) is 6.07 Å². The fourth-order valence-electron chi connectivity index (χ4n) is 1.69. The Bertz CT molecular complexity index is 496. The van der Waals surface area contributed by atoms with Gasteiger partial charge in [-0.15, -0.1) is 0 Å². The van der Waals surface area contributed by atoms with Crippen molar-refractivity contribution in [1.29, 1.82) is 0 Å². The highest BCUT2D eigenvalue weighted by Crippen LogP contribution is 2.20. The molecule has 2 aromatic rings. The first-order chi connectivity index (χ1) is 9.28. The van der Waals surface area contributed by atoms with E-state index in [4.69, 9.17) is 14.2 Å². The van der Waals surface area contributed by atoms with Crippen molar-refractivity contribution in [3.63, 3.8) is 0 Å². The first kappa shape index (κ1) is 13.4. The first-order valence-corrected chi connectivity index (χ1v) is 6.24. The van der Waals surface area contributed by atoms with Crippen molar-refractivity contribution < 1.29 is 14.2 Å². The van der Waals surface area contributed by atoms with Gasteiger partial charge in [0.05, 0.1) is 13.7 Å². The van der Waals surface area contributed by atoms with E-state index in [0.717, 1.165) is 17.1 Å². The molecule has 0 saturated heterocycles. The van der Waals surface area contributed by atoms with Gasteiger partial charge in [-0.05, 0) is 24.6 Å². The van der Waals surface area contributed by atoms with Gasteiger partial charge in [0.1, 0.15) is 11.5 Å². The molecule has 0 N–H and O–H groups in total. The van der Waals surface area contributed by atoms with Crippen molar-refractivity contribution in [2.24, 2.45) is 0 Å². The van der Waals surface area contributed by atoms with Gasteiger partial charge in [-0.3, -0.25) is 0 Å². The summed E-state index contributed by atoms with van der Waals surface area (Å²) in [6.45, 7) is 2.41. The van der Waals surface area contributed by atoms with E-state index in [1.807, 2.05) is 61.5 Å². The molecule has 3 nitrogen and oxygen atoms in total. The van der Waals surface area contributed by atoms with Gasteiger partial charge in [0.15, 0.2) is 6.29 Å². The molecular weight excluding hydrogens is 240 g/mol. The van der Waals surface area contributed by atoms with E-state index in [-0.39, 0.29) is 6.29 Å². The Morgan fingerprint density at radius 2 is 1.68 bits per heavy atom. The fraction of sp³-hybridized carbons (Fsp3) is 0.250. The highest BCUT2D eigenvalue weighted by molar-refractivity contribution is 5.32. The highest BCUT2D eigenvalue weighted by atomic mass is 16.7. The third-order valence-electron chi connectivity index (χ3n) is 2.67. The molecule has 0 aromatic heterocycles. The molecule has 0 bridgehead atoms. The third-order valence-corrected chi connectivity index (χ3v) is 2.67. The topological polar surface area (TPSA) is 27.7 Å². The second-order valence-electron chi connectivity index (χ2n) is 4.16. The van der Waals surface area contributed by atoms with Crippen molar-refractivity contribution in [1.82, 2.24) is 0 Å². The van der Waals surface area contributed by atoms with Crippen LogP contribution >= 0.6 is 0 Å². The SMILES string of the molecule is COc1cccc(OC(C)OCc2ccccc2)c1. The van der Waals surface area contributed by atoms with Gasteiger partial charge in [0.2, 0.25) is 0 Å². The van der Waals surface area contributed by atoms with Gasteiger partial charge in [0.25, 0.3) is 0 Å². The molecule has 0 radical (unpaired) electrons. The molecule has 0 spiro atoms. The maximum Gasteiger partial charge on any atom is 0.197 e. The molecule has 19 heavy (non-hydrogen) atoms. The van der Waals surface area contributed by atoms with Crippen molar-refractivity contribution >= 4 is 0 Å². The van der Waals surface area contributed by atoms with E-state index in [0.29, 0.717) is 6.61 Å². The van der Waals surface area contributed by atoms with Crippen LogP contribution in [0.5, 0.6) is 11.5 Å². The van der Waals surface area contributed by atoms with Crippen molar-refractivity contribution in [3.05, 3.63) is 60.2 Å². The predicted octanol–water partition coefficient (Wildman–Crippen LogP) is 3.64. The maximum atomic E-state index is 5.68. The zero-order valence-electron chi connectivity index (χ0n) is 11.2. The standard InChI is InChI=1S/C16H18O3/c1-13(18-12-14-7-4-3-5-8-14)19-16-10-6-9-15(11-16)17-2/h3-11,13H,12H2,1-2H3. The number of benzene rings is 2. The van der Waals surface area contributed by atoms with E-state index in [1.54, 1.807) is 7.11 Å². The second-order valence-corrected chi connectivity index (χ2v) is 4.16. The molecule has 3 heteroatoms. The summed E-state index contributed by atoms with van der Waals surface area (Å²) in [6.07, 6.45) is -0.313. The minimum atomic E-state index is -0.313. The average molecular weight is 258 g/mol. The number of hydrogen-bond donors (Lipinski definition) is 0. The van der Waals surface area contributed by atoms with Crippen LogP contribution in [-0.2, 0) is 11.3 Å². The van der Waals surface area contributed by atoms with Crippen LogP contribution in [0.15, 0.2) is 54.6 Å². The Labute approximate surface area is 113 Å². The molecule has 0 aliphatic carbocycles. The molecule has 0 heterocycles. The molecular formula is C16H18O3. The second kappa shape index (κ2) is 6.81. The van der Waals surface area contributed by atoms with E-state index >= 15 is 0 Å². The number of methoxy groups -OCH3 is 1. The average Bonchev–Trinajstić information content (AvgIpc) is 2.46. The predicted molar refractivity (Wildman–Crippen MR) is 74.3 cm³/mol. The number of rotatable bonds is 6. The summed E-state index contributed by atoms with van der Waals surface area (Å²) in [5.74, 6) is 1.51. The summed E-state index contributed by atoms with van der Waals surface area (Å²) in [7, 11) is 1.63. The molecule has 2 rings (SSSR count).